The van der Waals surface area contributed by atoms with Crippen LogP contribution in [-0.2, 0) is 9.59 Å². The highest BCUT2D eigenvalue weighted by Gasteiger charge is 2.36. The Morgan fingerprint density at radius 1 is 0.893 bits per heavy atom. The lowest BCUT2D eigenvalue weighted by molar-refractivity contribution is -0.132. The van der Waals surface area contributed by atoms with Crippen molar-refractivity contribution in [2.24, 2.45) is 17.8 Å². The van der Waals surface area contributed by atoms with Gasteiger partial charge in [0.05, 0.1) is 0 Å². The van der Waals surface area contributed by atoms with Gasteiger partial charge in [-0.05, 0) is 55.7 Å². The Morgan fingerprint density at radius 3 is 2.07 bits per heavy atom. The summed E-state index contributed by atoms with van der Waals surface area (Å²) in [7, 11) is 0. The highest BCUT2D eigenvalue weighted by Crippen LogP contribution is 2.37. The molecular weight excluding hydrogens is 344 g/mol. The van der Waals surface area contributed by atoms with Crippen LogP contribution in [0.2, 0.25) is 0 Å². The summed E-state index contributed by atoms with van der Waals surface area (Å²) in [6.45, 7) is 3.29. The fourth-order valence-corrected chi connectivity index (χ4v) is 4.59. The van der Waals surface area contributed by atoms with E-state index in [9.17, 15) is 9.59 Å². The third-order valence-corrected chi connectivity index (χ3v) is 6.05. The van der Waals surface area contributed by atoms with Gasteiger partial charge in [-0.2, -0.15) is 0 Å². The van der Waals surface area contributed by atoms with Crippen LogP contribution in [0.5, 0.6) is 0 Å². The Labute approximate surface area is 168 Å². The number of allylic oxidation sites excluding steroid dienone is 1. The molecule has 2 heteroatoms. The van der Waals surface area contributed by atoms with Crippen molar-refractivity contribution in [3.63, 3.8) is 0 Å². The van der Waals surface area contributed by atoms with Gasteiger partial charge < -0.3 is 0 Å². The molecule has 0 bridgehead atoms. The number of hydrogen-bond acceptors (Lipinski definition) is 2. The van der Waals surface area contributed by atoms with Gasteiger partial charge in [-0.15, -0.1) is 0 Å². The average Bonchev–Trinajstić information content (AvgIpc) is 3.22. The maximum absolute atomic E-state index is 12.3. The standard InChI is InChI=1S/C26H30O2/c1-19(27)25(26(20(2)28)24-12-6-7-13-24)14-8-9-21-15-17-23(18-16-21)22-10-4-3-5-11-22/h3-5,8-11,15-18,24-26H,6-7,12-14H2,1-2H3/b9-8+. The van der Waals surface area contributed by atoms with Crippen LogP contribution in [0.15, 0.2) is 60.7 Å². The third kappa shape index (κ3) is 5.07. The SMILES string of the molecule is CC(=O)C(C/C=C/c1ccc(-c2ccccc2)cc1)C(C(C)=O)C1CCCC1. The molecule has 2 nitrogen and oxygen atoms in total. The minimum atomic E-state index is -0.194. The van der Waals surface area contributed by atoms with Gasteiger partial charge in [0.1, 0.15) is 11.6 Å². The summed E-state index contributed by atoms with van der Waals surface area (Å²) in [5.41, 5.74) is 3.51. The zero-order valence-electron chi connectivity index (χ0n) is 16.9. The third-order valence-electron chi connectivity index (χ3n) is 6.05. The molecule has 0 heterocycles. The van der Waals surface area contributed by atoms with Crippen LogP contribution in [0.3, 0.4) is 0 Å². The van der Waals surface area contributed by atoms with E-state index >= 15 is 0 Å². The number of carbonyl (C=O) groups is 2. The van der Waals surface area contributed by atoms with Gasteiger partial charge >= 0.3 is 0 Å². The summed E-state index contributed by atoms with van der Waals surface area (Å²) in [6.07, 6.45) is 9.30. The summed E-state index contributed by atoms with van der Waals surface area (Å²) >= 11 is 0. The normalized spacial score (nSPS) is 16.9. The number of ketones is 2. The summed E-state index contributed by atoms with van der Waals surface area (Å²) in [5, 5.41) is 0. The topological polar surface area (TPSA) is 34.1 Å². The van der Waals surface area contributed by atoms with Gasteiger partial charge in [0, 0.05) is 11.8 Å². The minimum absolute atomic E-state index is 0.120. The molecule has 3 rings (SSSR count). The summed E-state index contributed by atoms with van der Waals surface area (Å²) in [6, 6.07) is 18.7. The average molecular weight is 375 g/mol. The number of hydrogen-bond donors (Lipinski definition) is 0. The summed E-state index contributed by atoms with van der Waals surface area (Å²) in [5.74, 6) is 0.374. The van der Waals surface area contributed by atoms with Crippen LogP contribution in [0.25, 0.3) is 17.2 Å². The first-order valence-electron chi connectivity index (χ1n) is 10.4. The second kappa shape index (κ2) is 9.64. The van der Waals surface area contributed by atoms with E-state index in [0.29, 0.717) is 12.3 Å². The smallest absolute Gasteiger partial charge is 0.133 e. The van der Waals surface area contributed by atoms with Crippen molar-refractivity contribution in [1.82, 2.24) is 0 Å². The Bertz CT molecular complexity index is 811. The Hall–Kier alpha value is -2.48. The van der Waals surface area contributed by atoms with Crippen LogP contribution in [-0.4, -0.2) is 11.6 Å². The van der Waals surface area contributed by atoms with E-state index in [2.05, 4.69) is 48.6 Å². The quantitative estimate of drug-likeness (QED) is 0.539. The zero-order valence-corrected chi connectivity index (χ0v) is 16.9. The molecule has 0 spiro atoms. The van der Waals surface area contributed by atoms with E-state index in [0.717, 1.165) is 18.4 Å². The first-order valence-corrected chi connectivity index (χ1v) is 10.4. The van der Waals surface area contributed by atoms with Crippen molar-refractivity contribution in [3.05, 3.63) is 66.2 Å². The predicted octanol–water partition coefficient (Wildman–Crippen LogP) is 6.36. The van der Waals surface area contributed by atoms with Crippen molar-refractivity contribution in [1.29, 1.82) is 0 Å². The van der Waals surface area contributed by atoms with E-state index in [-0.39, 0.29) is 23.4 Å². The minimum Gasteiger partial charge on any atom is -0.300 e. The lowest BCUT2D eigenvalue weighted by Crippen LogP contribution is -2.32. The first kappa shape index (κ1) is 20.3. The molecule has 0 radical (unpaired) electrons. The lowest BCUT2D eigenvalue weighted by atomic mass is 9.75. The molecule has 146 valence electrons. The van der Waals surface area contributed by atoms with Crippen molar-refractivity contribution >= 4 is 17.6 Å². The molecule has 1 fully saturated rings. The van der Waals surface area contributed by atoms with Crippen molar-refractivity contribution in [3.8, 4) is 11.1 Å². The van der Waals surface area contributed by atoms with Crippen LogP contribution in [0.1, 0.15) is 51.5 Å². The van der Waals surface area contributed by atoms with Crippen molar-refractivity contribution < 1.29 is 9.59 Å². The van der Waals surface area contributed by atoms with Crippen LogP contribution in [0, 0.1) is 17.8 Å². The second-order valence-corrected chi connectivity index (χ2v) is 8.02. The second-order valence-electron chi connectivity index (χ2n) is 8.02. The first-order chi connectivity index (χ1) is 13.6. The zero-order chi connectivity index (χ0) is 19.9. The number of benzene rings is 2. The number of Topliss-reactive ketones (excluding diaryl/α,β-unsaturated/α-hetero) is 2. The van der Waals surface area contributed by atoms with Crippen LogP contribution in [0.4, 0.5) is 0 Å². The maximum atomic E-state index is 12.3. The van der Waals surface area contributed by atoms with Gasteiger partial charge in [-0.1, -0.05) is 79.6 Å². The van der Waals surface area contributed by atoms with E-state index in [1.54, 1.807) is 13.8 Å². The Kier molecular flexibility index (Phi) is 6.97. The molecule has 2 aromatic rings. The van der Waals surface area contributed by atoms with Gasteiger partial charge in [-0.25, -0.2) is 0 Å². The molecule has 2 unspecified atom stereocenters. The molecule has 0 aromatic heterocycles. The number of rotatable bonds is 8. The van der Waals surface area contributed by atoms with Crippen LogP contribution < -0.4 is 0 Å². The van der Waals surface area contributed by atoms with Crippen molar-refractivity contribution in [2.75, 3.05) is 0 Å². The largest absolute Gasteiger partial charge is 0.300 e. The molecular formula is C26H30O2. The molecule has 0 aliphatic heterocycles. The highest BCUT2D eigenvalue weighted by atomic mass is 16.1. The molecule has 2 aromatic carbocycles. The van der Waals surface area contributed by atoms with E-state index in [4.69, 9.17) is 0 Å². The van der Waals surface area contributed by atoms with Crippen LogP contribution >= 0.6 is 0 Å². The van der Waals surface area contributed by atoms with Crippen molar-refractivity contribution in [2.45, 2.75) is 46.0 Å². The molecule has 1 aliphatic rings. The molecule has 1 aliphatic carbocycles. The van der Waals surface area contributed by atoms with Gasteiger partial charge in [0.25, 0.3) is 0 Å². The summed E-state index contributed by atoms with van der Waals surface area (Å²) in [4.78, 5) is 24.6. The monoisotopic (exact) mass is 374 g/mol. The van der Waals surface area contributed by atoms with E-state index < -0.39 is 0 Å². The molecule has 1 saturated carbocycles. The fourth-order valence-electron chi connectivity index (χ4n) is 4.59. The highest BCUT2D eigenvalue weighted by molar-refractivity contribution is 5.88. The molecule has 0 amide bonds. The lowest BCUT2D eigenvalue weighted by Gasteiger charge is -2.27. The Morgan fingerprint density at radius 2 is 1.50 bits per heavy atom. The maximum Gasteiger partial charge on any atom is 0.133 e. The fraction of sp³-hybridized carbons (Fsp3) is 0.385. The van der Waals surface area contributed by atoms with Gasteiger partial charge in [0.2, 0.25) is 0 Å². The van der Waals surface area contributed by atoms with E-state index in [1.165, 1.54) is 24.0 Å². The van der Waals surface area contributed by atoms with E-state index in [1.807, 2.05) is 18.2 Å². The predicted molar refractivity (Wildman–Crippen MR) is 116 cm³/mol. The molecule has 0 saturated heterocycles. The molecule has 0 N–H and O–H groups in total. The molecule has 28 heavy (non-hydrogen) atoms. The van der Waals surface area contributed by atoms with Gasteiger partial charge in [-0.3, -0.25) is 9.59 Å². The van der Waals surface area contributed by atoms with Gasteiger partial charge in [0.15, 0.2) is 0 Å². The number of carbonyl (C=O) groups excluding carboxylic acids is 2. The Balaban J connectivity index is 1.68. The summed E-state index contributed by atoms with van der Waals surface area (Å²) < 4.78 is 0. The molecule has 2 atom stereocenters.